The summed E-state index contributed by atoms with van der Waals surface area (Å²) in [5.41, 5.74) is 0. The molecule has 0 bridgehead atoms. The predicted molar refractivity (Wildman–Crippen MR) is 119 cm³/mol. The lowest BCUT2D eigenvalue weighted by Gasteiger charge is -2.37. The van der Waals surface area contributed by atoms with Crippen molar-refractivity contribution in [1.82, 2.24) is 20.4 Å². The molecule has 2 rings (SSSR count). The van der Waals surface area contributed by atoms with Crippen LogP contribution >= 0.6 is 24.0 Å². The van der Waals surface area contributed by atoms with E-state index in [1.165, 1.54) is 25.9 Å². The van der Waals surface area contributed by atoms with E-state index in [1.54, 1.807) is 7.05 Å². The zero-order valence-corrected chi connectivity index (χ0v) is 19.3. The highest BCUT2D eigenvalue weighted by Crippen LogP contribution is 2.21. The molecule has 0 radical (unpaired) electrons. The minimum absolute atomic E-state index is 0. The second-order valence-electron chi connectivity index (χ2n) is 7.80. The van der Waals surface area contributed by atoms with Gasteiger partial charge in [0, 0.05) is 46.2 Å². The molecule has 152 valence electrons. The van der Waals surface area contributed by atoms with E-state index in [4.69, 9.17) is 0 Å². The van der Waals surface area contributed by atoms with Crippen LogP contribution in [0.4, 0.5) is 0 Å². The Bertz CT molecular complexity index is 443. The smallest absolute Gasteiger partial charge is 0.220 e. The molecule has 2 aliphatic rings. The molecule has 2 fully saturated rings. The van der Waals surface area contributed by atoms with Crippen molar-refractivity contribution < 1.29 is 4.79 Å². The Labute approximate surface area is 176 Å². The summed E-state index contributed by atoms with van der Waals surface area (Å²) in [6.45, 7) is 10.0. The highest BCUT2D eigenvalue weighted by molar-refractivity contribution is 14.0. The van der Waals surface area contributed by atoms with Crippen LogP contribution in [0.1, 0.15) is 46.0 Å². The molecule has 26 heavy (non-hydrogen) atoms. The van der Waals surface area contributed by atoms with E-state index in [9.17, 15) is 4.79 Å². The van der Waals surface area contributed by atoms with Crippen molar-refractivity contribution in [1.29, 1.82) is 0 Å². The number of rotatable bonds is 5. The van der Waals surface area contributed by atoms with E-state index in [0.717, 1.165) is 44.4 Å². The zero-order valence-electron chi connectivity index (χ0n) is 17.0. The van der Waals surface area contributed by atoms with Crippen LogP contribution in [-0.2, 0) is 4.79 Å². The first-order valence-corrected chi connectivity index (χ1v) is 9.93. The van der Waals surface area contributed by atoms with Crippen LogP contribution in [-0.4, -0.2) is 74.5 Å². The molecule has 2 aliphatic heterocycles. The first-order chi connectivity index (χ1) is 12.0. The van der Waals surface area contributed by atoms with Gasteiger partial charge in [-0.3, -0.25) is 14.7 Å². The molecule has 0 aromatic heterocycles. The lowest BCUT2D eigenvalue weighted by Crippen LogP contribution is -2.50. The van der Waals surface area contributed by atoms with Gasteiger partial charge in [-0.05, 0) is 57.5 Å². The van der Waals surface area contributed by atoms with Crippen molar-refractivity contribution in [3.63, 3.8) is 0 Å². The Balaban J connectivity index is 0.00000338. The maximum absolute atomic E-state index is 11.5. The number of carbonyl (C=O) groups excluding carboxylic acids is 1. The molecule has 2 saturated heterocycles. The minimum atomic E-state index is 0. The molecule has 0 aliphatic carbocycles. The number of piperidine rings is 2. The van der Waals surface area contributed by atoms with Gasteiger partial charge < -0.3 is 15.5 Å². The summed E-state index contributed by atoms with van der Waals surface area (Å²) in [4.78, 5) is 20.9. The third kappa shape index (κ3) is 7.21. The first kappa shape index (κ1) is 23.5. The number of halogens is 1. The summed E-state index contributed by atoms with van der Waals surface area (Å²) in [5.74, 6) is 2.55. The normalized spacial score (nSPS) is 21.8. The fourth-order valence-corrected chi connectivity index (χ4v) is 3.88. The van der Waals surface area contributed by atoms with Crippen molar-refractivity contribution in [3.05, 3.63) is 0 Å². The summed E-state index contributed by atoms with van der Waals surface area (Å²) in [6.07, 6.45) is 5.41. The molecule has 1 unspecified atom stereocenters. The van der Waals surface area contributed by atoms with Gasteiger partial charge in [0.15, 0.2) is 5.96 Å². The van der Waals surface area contributed by atoms with E-state index in [1.807, 2.05) is 7.05 Å². The van der Waals surface area contributed by atoms with E-state index in [2.05, 4.69) is 39.3 Å². The molecular formula is C19H38IN5O. The second kappa shape index (κ2) is 12.0. The average Bonchev–Trinajstić information content (AvgIpc) is 2.63. The van der Waals surface area contributed by atoms with Crippen LogP contribution in [0.25, 0.3) is 0 Å². The van der Waals surface area contributed by atoms with E-state index < -0.39 is 0 Å². The lowest BCUT2D eigenvalue weighted by atomic mass is 9.93. The Morgan fingerprint density at radius 1 is 1.15 bits per heavy atom. The molecule has 1 atom stereocenters. The molecule has 1 amide bonds. The highest BCUT2D eigenvalue weighted by Gasteiger charge is 2.24. The first-order valence-electron chi connectivity index (χ1n) is 9.93. The van der Waals surface area contributed by atoms with Crippen molar-refractivity contribution in [3.8, 4) is 0 Å². The Morgan fingerprint density at radius 2 is 1.77 bits per heavy atom. The summed E-state index contributed by atoms with van der Waals surface area (Å²) < 4.78 is 0. The largest absolute Gasteiger partial charge is 0.359 e. The van der Waals surface area contributed by atoms with Gasteiger partial charge in [0.1, 0.15) is 0 Å². The van der Waals surface area contributed by atoms with Gasteiger partial charge in [-0.25, -0.2) is 0 Å². The summed E-state index contributed by atoms with van der Waals surface area (Å²) in [7, 11) is 3.58. The highest BCUT2D eigenvalue weighted by atomic mass is 127. The predicted octanol–water partition coefficient (Wildman–Crippen LogP) is 2.15. The Morgan fingerprint density at radius 3 is 2.31 bits per heavy atom. The monoisotopic (exact) mass is 479 g/mol. The fourth-order valence-electron chi connectivity index (χ4n) is 3.88. The number of amides is 1. The van der Waals surface area contributed by atoms with Crippen LogP contribution in [0.3, 0.4) is 0 Å². The van der Waals surface area contributed by atoms with Crippen LogP contribution in [0.2, 0.25) is 0 Å². The van der Waals surface area contributed by atoms with Gasteiger partial charge >= 0.3 is 0 Å². The summed E-state index contributed by atoms with van der Waals surface area (Å²) in [6, 6.07) is 0.537. The summed E-state index contributed by atoms with van der Waals surface area (Å²) >= 11 is 0. The molecular weight excluding hydrogens is 441 g/mol. The number of guanidine groups is 1. The van der Waals surface area contributed by atoms with Gasteiger partial charge in [0.25, 0.3) is 0 Å². The number of aliphatic imine (C=N–C) groups is 1. The molecule has 0 aromatic rings. The number of likely N-dealkylation sites (tertiary alicyclic amines) is 2. The molecule has 6 nitrogen and oxygen atoms in total. The second-order valence-corrected chi connectivity index (χ2v) is 7.80. The van der Waals surface area contributed by atoms with E-state index in [0.29, 0.717) is 18.4 Å². The van der Waals surface area contributed by atoms with Gasteiger partial charge in [-0.1, -0.05) is 6.92 Å². The van der Waals surface area contributed by atoms with Crippen LogP contribution in [0.15, 0.2) is 4.99 Å². The van der Waals surface area contributed by atoms with Crippen molar-refractivity contribution in [2.45, 2.75) is 52.0 Å². The van der Waals surface area contributed by atoms with Crippen LogP contribution in [0, 0.1) is 11.8 Å². The number of carbonyl (C=O) groups is 1. The topological polar surface area (TPSA) is 60.0 Å². The molecule has 0 aromatic carbocycles. The van der Waals surface area contributed by atoms with E-state index in [-0.39, 0.29) is 29.9 Å². The summed E-state index contributed by atoms with van der Waals surface area (Å²) in [5, 5.41) is 6.30. The lowest BCUT2D eigenvalue weighted by molar-refractivity contribution is -0.121. The molecule has 2 heterocycles. The fraction of sp³-hybridized carbons (Fsp3) is 0.895. The van der Waals surface area contributed by atoms with Gasteiger partial charge in [0.05, 0.1) is 0 Å². The number of nitrogens with zero attached hydrogens (tertiary/aromatic N) is 3. The van der Waals surface area contributed by atoms with Gasteiger partial charge in [-0.2, -0.15) is 0 Å². The Kier molecular flexibility index (Phi) is 10.8. The van der Waals surface area contributed by atoms with Crippen molar-refractivity contribution in [2.24, 2.45) is 16.8 Å². The number of nitrogens with one attached hydrogen (secondary N) is 2. The quantitative estimate of drug-likeness (QED) is 0.361. The zero-order chi connectivity index (χ0) is 18.2. The van der Waals surface area contributed by atoms with Crippen LogP contribution < -0.4 is 10.6 Å². The minimum Gasteiger partial charge on any atom is -0.359 e. The van der Waals surface area contributed by atoms with Gasteiger partial charge in [-0.15, -0.1) is 24.0 Å². The SMILES string of the molecule is CN=C(NCC(C)N1CCC(C)CC1)N1CCC(CC(=O)NC)CC1.I. The maximum Gasteiger partial charge on any atom is 0.220 e. The van der Waals surface area contributed by atoms with Gasteiger partial charge in [0.2, 0.25) is 5.91 Å². The molecule has 2 N–H and O–H groups in total. The van der Waals surface area contributed by atoms with E-state index >= 15 is 0 Å². The maximum atomic E-state index is 11.5. The van der Waals surface area contributed by atoms with Crippen molar-refractivity contribution in [2.75, 3.05) is 46.8 Å². The number of hydrogen-bond donors (Lipinski definition) is 2. The number of hydrogen-bond acceptors (Lipinski definition) is 3. The third-order valence-electron chi connectivity index (χ3n) is 5.88. The molecule has 0 saturated carbocycles. The Hall–Kier alpha value is -0.570. The standard InChI is InChI=1S/C19H37N5O.HI/c1-15-5-9-23(10-6-15)16(2)14-22-19(21-4)24-11-7-17(8-12-24)13-18(25)20-3;/h15-17H,5-14H2,1-4H3,(H,20,25)(H,21,22);1H. The molecule has 0 spiro atoms. The van der Waals surface area contributed by atoms with Crippen LogP contribution in [0.5, 0.6) is 0 Å². The third-order valence-corrected chi connectivity index (χ3v) is 5.88. The molecule has 7 heteroatoms. The average molecular weight is 479 g/mol. The van der Waals surface area contributed by atoms with Crippen molar-refractivity contribution >= 4 is 35.8 Å².